The number of piperazine rings is 1. The Balaban J connectivity index is 0.00000261. The quantitative estimate of drug-likeness (QED) is 0.803. The van der Waals surface area contributed by atoms with E-state index in [2.05, 4.69) is 10.0 Å². The van der Waals surface area contributed by atoms with E-state index in [9.17, 15) is 17.6 Å². The molecule has 1 amide bonds. The minimum atomic E-state index is -3.64. The van der Waals surface area contributed by atoms with E-state index in [4.69, 9.17) is 0 Å². The van der Waals surface area contributed by atoms with Crippen LogP contribution in [0.2, 0.25) is 0 Å². The van der Waals surface area contributed by atoms with Crippen LogP contribution in [0.4, 0.5) is 4.39 Å². The van der Waals surface area contributed by atoms with Crippen LogP contribution in [0.1, 0.15) is 22.0 Å². The molecule has 0 aliphatic carbocycles. The molecule has 3 rings (SSSR count). The number of nitrogens with one attached hydrogen (secondary N) is 2. The highest BCUT2D eigenvalue weighted by Gasteiger charge is 2.29. The third-order valence-corrected chi connectivity index (χ3v) is 5.81. The fourth-order valence-corrected chi connectivity index (χ4v) is 3.81. The molecular weight excluding hydrogens is 393 g/mol. The van der Waals surface area contributed by atoms with Crippen molar-refractivity contribution in [3.8, 4) is 0 Å². The Morgan fingerprint density at radius 1 is 1.22 bits per heavy atom. The molecule has 2 aromatic rings. The van der Waals surface area contributed by atoms with Crippen LogP contribution in [-0.2, 0) is 10.0 Å². The van der Waals surface area contributed by atoms with E-state index in [0.29, 0.717) is 25.2 Å². The number of carbonyl (C=O) groups is 1. The Kier molecular flexibility index (Phi) is 6.94. The van der Waals surface area contributed by atoms with E-state index in [-0.39, 0.29) is 40.6 Å². The van der Waals surface area contributed by atoms with Crippen molar-refractivity contribution in [3.63, 3.8) is 0 Å². The molecule has 1 heterocycles. The van der Waals surface area contributed by atoms with Gasteiger partial charge in [0.1, 0.15) is 5.82 Å². The zero-order valence-electron chi connectivity index (χ0n) is 14.7. The van der Waals surface area contributed by atoms with Gasteiger partial charge in [-0.05, 0) is 42.9 Å². The molecule has 27 heavy (non-hydrogen) atoms. The molecule has 1 saturated heterocycles. The number of hydrogen-bond donors (Lipinski definition) is 2. The first-order valence-corrected chi connectivity index (χ1v) is 9.71. The van der Waals surface area contributed by atoms with Gasteiger partial charge in [-0.2, -0.15) is 0 Å². The lowest BCUT2D eigenvalue weighted by Gasteiger charge is -2.36. The van der Waals surface area contributed by atoms with Crippen molar-refractivity contribution in [2.24, 2.45) is 0 Å². The summed E-state index contributed by atoms with van der Waals surface area (Å²) in [6, 6.07) is 11.8. The molecule has 1 atom stereocenters. The maximum atomic E-state index is 13.6. The molecule has 0 spiro atoms. The Morgan fingerprint density at radius 2 is 1.96 bits per heavy atom. The molecule has 1 fully saturated rings. The van der Waals surface area contributed by atoms with Gasteiger partial charge in [0, 0.05) is 25.2 Å². The first kappa shape index (κ1) is 21.3. The Labute approximate surface area is 164 Å². The average molecular weight is 414 g/mol. The van der Waals surface area contributed by atoms with Gasteiger partial charge < -0.3 is 10.2 Å². The van der Waals surface area contributed by atoms with Crippen LogP contribution in [0.5, 0.6) is 0 Å². The van der Waals surface area contributed by atoms with Crippen molar-refractivity contribution < 1.29 is 17.6 Å². The van der Waals surface area contributed by atoms with E-state index < -0.39 is 10.0 Å². The van der Waals surface area contributed by atoms with Crippen LogP contribution in [-0.4, -0.2) is 45.9 Å². The van der Waals surface area contributed by atoms with Crippen LogP contribution >= 0.6 is 12.4 Å². The fourth-order valence-electron chi connectivity index (χ4n) is 3.04. The topological polar surface area (TPSA) is 78.5 Å². The zero-order chi connectivity index (χ0) is 18.7. The third kappa shape index (κ3) is 4.65. The van der Waals surface area contributed by atoms with Gasteiger partial charge in [-0.15, -0.1) is 12.4 Å². The minimum Gasteiger partial charge on any atom is -0.329 e. The van der Waals surface area contributed by atoms with Gasteiger partial charge in [-0.25, -0.2) is 17.5 Å². The SMILES string of the molecule is CNS(=O)(=O)c1cccc(C(=O)N2CCNCC2c2cccc(F)c2)c1.Cl. The number of hydrogen-bond acceptors (Lipinski definition) is 4. The van der Waals surface area contributed by atoms with Crippen molar-refractivity contribution in [1.82, 2.24) is 14.9 Å². The van der Waals surface area contributed by atoms with E-state index in [1.165, 1.54) is 37.4 Å². The minimum absolute atomic E-state index is 0. The Morgan fingerprint density at radius 3 is 2.67 bits per heavy atom. The Hall–Kier alpha value is -2.00. The van der Waals surface area contributed by atoms with Crippen LogP contribution in [0.25, 0.3) is 0 Å². The van der Waals surface area contributed by atoms with Crippen molar-refractivity contribution in [3.05, 3.63) is 65.5 Å². The van der Waals surface area contributed by atoms with Gasteiger partial charge in [0.15, 0.2) is 0 Å². The summed E-state index contributed by atoms with van der Waals surface area (Å²) in [5.74, 6) is -0.642. The molecule has 9 heteroatoms. The number of sulfonamides is 1. The lowest BCUT2D eigenvalue weighted by molar-refractivity contribution is 0.0633. The van der Waals surface area contributed by atoms with Gasteiger partial charge in [0.25, 0.3) is 5.91 Å². The first-order chi connectivity index (χ1) is 12.4. The number of amides is 1. The second-order valence-corrected chi connectivity index (χ2v) is 7.90. The monoisotopic (exact) mass is 413 g/mol. The number of benzene rings is 2. The molecule has 0 aromatic heterocycles. The van der Waals surface area contributed by atoms with Crippen molar-refractivity contribution in [2.45, 2.75) is 10.9 Å². The molecule has 1 unspecified atom stereocenters. The predicted octanol–water partition coefficient (Wildman–Crippen LogP) is 1.94. The molecule has 1 aliphatic heterocycles. The molecule has 6 nitrogen and oxygen atoms in total. The smallest absolute Gasteiger partial charge is 0.254 e. The summed E-state index contributed by atoms with van der Waals surface area (Å²) in [7, 11) is -2.32. The molecule has 0 radical (unpaired) electrons. The normalized spacial score (nSPS) is 17.3. The van der Waals surface area contributed by atoms with Crippen LogP contribution < -0.4 is 10.0 Å². The van der Waals surface area contributed by atoms with E-state index in [1.54, 1.807) is 23.1 Å². The number of rotatable bonds is 4. The highest BCUT2D eigenvalue weighted by Crippen LogP contribution is 2.25. The molecule has 0 bridgehead atoms. The number of carbonyl (C=O) groups excluding carboxylic acids is 1. The summed E-state index contributed by atoms with van der Waals surface area (Å²) in [5.41, 5.74) is 0.981. The standard InChI is InChI=1S/C18H20FN3O3S.ClH/c1-20-26(24,25)16-7-3-5-14(11-16)18(23)22-9-8-21-12-17(22)13-4-2-6-15(19)10-13;/h2-7,10-11,17,20-21H,8-9,12H2,1H3;1H. The summed E-state index contributed by atoms with van der Waals surface area (Å²) in [5, 5.41) is 3.21. The molecule has 2 N–H and O–H groups in total. The zero-order valence-corrected chi connectivity index (χ0v) is 16.3. The van der Waals surface area contributed by atoms with Crippen molar-refractivity contribution in [1.29, 1.82) is 0 Å². The summed E-state index contributed by atoms with van der Waals surface area (Å²) in [6.07, 6.45) is 0. The number of nitrogens with zero attached hydrogens (tertiary/aromatic N) is 1. The molecule has 1 aliphatic rings. The predicted molar refractivity (Wildman–Crippen MR) is 103 cm³/mol. The van der Waals surface area contributed by atoms with Gasteiger partial charge >= 0.3 is 0 Å². The lowest BCUT2D eigenvalue weighted by Crippen LogP contribution is -2.48. The maximum absolute atomic E-state index is 13.6. The maximum Gasteiger partial charge on any atom is 0.254 e. The largest absolute Gasteiger partial charge is 0.329 e. The molecule has 0 saturated carbocycles. The average Bonchev–Trinajstić information content (AvgIpc) is 2.67. The second-order valence-electron chi connectivity index (χ2n) is 6.01. The number of halogens is 2. The first-order valence-electron chi connectivity index (χ1n) is 8.23. The van der Waals surface area contributed by atoms with Crippen molar-refractivity contribution in [2.75, 3.05) is 26.7 Å². The highest BCUT2D eigenvalue weighted by atomic mass is 35.5. The van der Waals surface area contributed by atoms with E-state index in [1.807, 2.05) is 0 Å². The van der Waals surface area contributed by atoms with Crippen LogP contribution in [0.15, 0.2) is 53.4 Å². The summed E-state index contributed by atoms with van der Waals surface area (Å²) in [6.45, 7) is 1.57. The molecule has 146 valence electrons. The Bertz CT molecular complexity index is 924. The van der Waals surface area contributed by atoms with Gasteiger partial charge in [0.05, 0.1) is 10.9 Å². The third-order valence-electron chi connectivity index (χ3n) is 4.40. The van der Waals surface area contributed by atoms with Crippen molar-refractivity contribution >= 4 is 28.3 Å². The summed E-state index contributed by atoms with van der Waals surface area (Å²) < 4.78 is 39.8. The van der Waals surface area contributed by atoms with Crippen LogP contribution in [0.3, 0.4) is 0 Å². The molecular formula is C18H21ClFN3O3S. The lowest BCUT2D eigenvalue weighted by atomic mass is 10.0. The van der Waals surface area contributed by atoms with E-state index >= 15 is 0 Å². The highest BCUT2D eigenvalue weighted by molar-refractivity contribution is 7.89. The van der Waals surface area contributed by atoms with Crippen LogP contribution in [0, 0.1) is 5.82 Å². The fraction of sp³-hybridized carbons (Fsp3) is 0.278. The summed E-state index contributed by atoms with van der Waals surface area (Å²) >= 11 is 0. The van der Waals surface area contributed by atoms with E-state index in [0.717, 1.165) is 0 Å². The summed E-state index contributed by atoms with van der Waals surface area (Å²) in [4.78, 5) is 14.7. The van der Waals surface area contributed by atoms with Gasteiger partial charge in [-0.3, -0.25) is 4.79 Å². The second kappa shape index (κ2) is 8.79. The van der Waals surface area contributed by atoms with Gasteiger partial charge in [-0.1, -0.05) is 18.2 Å². The molecule has 2 aromatic carbocycles. The van der Waals surface area contributed by atoms with Gasteiger partial charge in [0.2, 0.25) is 10.0 Å².